The summed E-state index contributed by atoms with van der Waals surface area (Å²) in [6, 6.07) is 15.5. The summed E-state index contributed by atoms with van der Waals surface area (Å²) in [5.41, 5.74) is 4.03. The third-order valence-electron chi connectivity index (χ3n) is 3.63. The molecule has 0 aliphatic rings. The van der Waals surface area contributed by atoms with E-state index in [4.69, 9.17) is 11.6 Å². The van der Waals surface area contributed by atoms with Crippen molar-refractivity contribution in [3.63, 3.8) is 0 Å². The molecule has 0 spiro atoms. The Morgan fingerprint density at radius 3 is 2.64 bits per heavy atom. The number of carbonyl (C=O) groups excluding carboxylic acids is 1. The van der Waals surface area contributed by atoms with E-state index in [1.165, 1.54) is 23.0 Å². The van der Waals surface area contributed by atoms with Gasteiger partial charge in [0, 0.05) is 21.5 Å². The predicted octanol–water partition coefficient (Wildman–Crippen LogP) is 5.73. The summed E-state index contributed by atoms with van der Waals surface area (Å²) in [4.78, 5) is 17.7. The molecule has 0 atom stereocenters. The standard InChI is InChI=1S/C20H17ClN2OS/c1-13-6-9-16(10-7-13)19-14(2)25-20(23-19)22-18(24)11-8-15-4-3-5-17(21)12-15/h3-12H,1-2H3,(H,22,23,24). The lowest BCUT2D eigenvalue weighted by molar-refractivity contribution is -0.111. The minimum absolute atomic E-state index is 0.218. The third kappa shape index (κ3) is 4.56. The highest BCUT2D eigenvalue weighted by atomic mass is 35.5. The normalized spacial score (nSPS) is 11.0. The van der Waals surface area contributed by atoms with Crippen molar-refractivity contribution in [1.29, 1.82) is 0 Å². The third-order valence-corrected chi connectivity index (χ3v) is 4.75. The molecule has 3 nitrogen and oxygen atoms in total. The van der Waals surface area contributed by atoms with Crippen LogP contribution in [0.1, 0.15) is 16.0 Å². The van der Waals surface area contributed by atoms with E-state index in [1.54, 1.807) is 18.2 Å². The molecule has 0 fully saturated rings. The maximum Gasteiger partial charge on any atom is 0.250 e. The molecule has 0 bridgehead atoms. The van der Waals surface area contributed by atoms with Crippen molar-refractivity contribution >= 4 is 40.1 Å². The van der Waals surface area contributed by atoms with Gasteiger partial charge in [0.25, 0.3) is 0 Å². The van der Waals surface area contributed by atoms with Crippen LogP contribution in [0, 0.1) is 13.8 Å². The molecule has 126 valence electrons. The van der Waals surface area contributed by atoms with Gasteiger partial charge in [-0.1, -0.05) is 53.6 Å². The Balaban J connectivity index is 1.72. The van der Waals surface area contributed by atoms with Crippen LogP contribution in [-0.2, 0) is 4.79 Å². The molecule has 0 saturated heterocycles. The van der Waals surface area contributed by atoms with E-state index in [2.05, 4.69) is 29.4 Å². The summed E-state index contributed by atoms with van der Waals surface area (Å²) in [5.74, 6) is -0.218. The highest BCUT2D eigenvalue weighted by molar-refractivity contribution is 7.16. The molecule has 5 heteroatoms. The van der Waals surface area contributed by atoms with E-state index in [9.17, 15) is 4.79 Å². The lowest BCUT2D eigenvalue weighted by Crippen LogP contribution is -2.07. The van der Waals surface area contributed by atoms with Crippen molar-refractivity contribution in [1.82, 2.24) is 4.98 Å². The van der Waals surface area contributed by atoms with Crippen molar-refractivity contribution < 1.29 is 4.79 Å². The molecule has 0 aliphatic heterocycles. The Morgan fingerprint density at radius 1 is 1.16 bits per heavy atom. The summed E-state index contributed by atoms with van der Waals surface area (Å²) >= 11 is 7.40. The van der Waals surface area contributed by atoms with Gasteiger partial charge in [0.2, 0.25) is 5.91 Å². The van der Waals surface area contributed by atoms with E-state index in [1.807, 2.05) is 31.2 Å². The quantitative estimate of drug-likeness (QED) is 0.597. The topological polar surface area (TPSA) is 42.0 Å². The van der Waals surface area contributed by atoms with Gasteiger partial charge >= 0.3 is 0 Å². The number of aryl methyl sites for hydroxylation is 2. The van der Waals surface area contributed by atoms with E-state index < -0.39 is 0 Å². The number of carbonyl (C=O) groups is 1. The lowest BCUT2D eigenvalue weighted by Gasteiger charge is -1.99. The largest absolute Gasteiger partial charge is 0.298 e. The summed E-state index contributed by atoms with van der Waals surface area (Å²) in [6.07, 6.45) is 3.20. The number of halogens is 1. The molecule has 0 aliphatic carbocycles. The van der Waals surface area contributed by atoms with E-state index in [0.717, 1.165) is 21.7 Å². The van der Waals surface area contributed by atoms with Gasteiger partial charge in [-0.25, -0.2) is 4.98 Å². The maximum absolute atomic E-state index is 12.1. The molecule has 3 aromatic rings. The highest BCUT2D eigenvalue weighted by Crippen LogP contribution is 2.30. The van der Waals surface area contributed by atoms with Gasteiger partial charge in [-0.3, -0.25) is 10.1 Å². The second-order valence-electron chi connectivity index (χ2n) is 5.67. The van der Waals surface area contributed by atoms with Crippen LogP contribution >= 0.6 is 22.9 Å². The number of hydrogen-bond donors (Lipinski definition) is 1. The fraction of sp³-hybridized carbons (Fsp3) is 0.100. The fourth-order valence-corrected chi connectivity index (χ4v) is 3.40. The highest BCUT2D eigenvalue weighted by Gasteiger charge is 2.11. The zero-order valence-electron chi connectivity index (χ0n) is 13.9. The molecule has 0 radical (unpaired) electrons. The van der Waals surface area contributed by atoms with Crippen LogP contribution in [0.4, 0.5) is 5.13 Å². The Bertz CT molecular complexity index is 929. The van der Waals surface area contributed by atoms with E-state index in [0.29, 0.717) is 10.2 Å². The number of nitrogens with one attached hydrogen (secondary N) is 1. The first-order chi connectivity index (χ1) is 12.0. The molecule has 1 amide bonds. The molecular formula is C20H17ClN2OS. The lowest BCUT2D eigenvalue weighted by atomic mass is 10.1. The van der Waals surface area contributed by atoms with Gasteiger partial charge in [0.15, 0.2) is 5.13 Å². The zero-order valence-corrected chi connectivity index (χ0v) is 15.5. The number of benzene rings is 2. The number of anilines is 1. The summed E-state index contributed by atoms with van der Waals surface area (Å²) in [6.45, 7) is 4.06. The van der Waals surface area contributed by atoms with Crippen molar-refractivity contribution in [3.05, 3.63) is 75.6 Å². The number of hydrogen-bond acceptors (Lipinski definition) is 3. The second kappa shape index (κ2) is 7.64. The maximum atomic E-state index is 12.1. The van der Waals surface area contributed by atoms with Crippen molar-refractivity contribution in [2.45, 2.75) is 13.8 Å². The molecule has 1 heterocycles. The first-order valence-electron chi connectivity index (χ1n) is 7.80. The number of nitrogens with zero attached hydrogens (tertiary/aromatic N) is 1. The minimum Gasteiger partial charge on any atom is -0.298 e. The van der Waals surface area contributed by atoms with Crippen LogP contribution in [0.2, 0.25) is 5.02 Å². The van der Waals surface area contributed by atoms with Crippen LogP contribution in [-0.4, -0.2) is 10.9 Å². The smallest absolute Gasteiger partial charge is 0.250 e. The van der Waals surface area contributed by atoms with Crippen LogP contribution < -0.4 is 5.32 Å². The Labute approximate surface area is 156 Å². The van der Waals surface area contributed by atoms with E-state index >= 15 is 0 Å². The van der Waals surface area contributed by atoms with Gasteiger partial charge in [0.05, 0.1) is 5.69 Å². The van der Waals surface area contributed by atoms with Crippen LogP contribution in [0.25, 0.3) is 17.3 Å². The van der Waals surface area contributed by atoms with Gasteiger partial charge in [-0.15, -0.1) is 11.3 Å². The van der Waals surface area contributed by atoms with Gasteiger partial charge < -0.3 is 0 Å². The molecule has 3 rings (SSSR count). The summed E-state index contributed by atoms with van der Waals surface area (Å²) in [5, 5.41) is 4.05. The van der Waals surface area contributed by atoms with Crippen molar-refractivity contribution in [3.8, 4) is 11.3 Å². The SMILES string of the molecule is Cc1ccc(-c2nc(NC(=O)C=Cc3cccc(Cl)c3)sc2C)cc1. The van der Waals surface area contributed by atoms with Crippen LogP contribution in [0.3, 0.4) is 0 Å². The number of thiazole rings is 1. The number of amides is 1. The average Bonchev–Trinajstić information content (AvgIpc) is 2.94. The minimum atomic E-state index is -0.218. The molecule has 0 saturated carbocycles. The second-order valence-corrected chi connectivity index (χ2v) is 7.31. The van der Waals surface area contributed by atoms with Gasteiger partial charge in [-0.2, -0.15) is 0 Å². The average molecular weight is 369 g/mol. The van der Waals surface area contributed by atoms with Crippen LogP contribution in [0.15, 0.2) is 54.6 Å². The Morgan fingerprint density at radius 2 is 1.92 bits per heavy atom. The molecular weight excluding hydrogens is 352 g/mol. The molecule has 0 unspecified atom stereocenters. The Hall–Kier alpha value is -2.43. The monoisotopic (exact) mass is 368 g/mol. The Kier molecular flexibility index (Phi) is 5.31. The number of aromatic nitrogens is 1. The molecule has 2 aromatic carbocycles. The molecule has 25 heavy (non-hydrogen) atoms. The first-order valence-corrected chi connectivity index (χ1v) is 9.00. The molecule has 1 N–H and O–H groups in total. The fourth-order valence-electron chi connectivity index (χ4n) is 2.36. The first kappa shape index (κ1) is 17.4. The molecule has 1 aromatic heterocycles. The van der Waals surface area contributed by atoms with Gasteiger partial charge in [0.1, 0.15) is 0 Å². The summed E-state index contributed by atoms with van der Waals surface area (Å²) in [7, 11) is 0. The van der Waals surface area contributed by atoms with Gasteiger partial charge in [-0.05, 0) is 37.6 Å². The van der Waals surface area contributed by atoms with Crippen molar-refractivity contribution in [2.24, 2.45) is 0 Å². The number of rotatable bonds is 4. The van der Waals surface area contributed by atoms with E-state index in [-0.39, 0.29) is 5.91 Å². The predicted molar refractivity (Wildman–Crippen MR) is 106 cm³/mol. The summed E-state index contributed by atoms with van der Waals surface area (Å²) < 4.78 is 0. The zero-order chi connectivity index (χ0) is 17.8. The van der Waals surface area contributed by atoms with Crippen molar-refractivity contribution in [2.75, 3.05) is 5.32 Å². The van der Waals surface area contributed by atoms with Crippen LogP contribution in [0.5, 0.6) is 0 Å².